The minimum absolute atomic E-state index is 0.0339. The third-order valence-corrected chi connectivity index (χ3v) is 2.89. The van der Waals surface area contributed by atoms with E-state index in [4.69, 9.17) is 5.73 Å². The molecule has 0 unspecified atom stereocenters. The number of hydrogen-bond donors (Lipinski definition) is 1. The zero-order chi connectivity index (χ0) is 9.90. The molecule has 3 heteroatoms. The molecule has 0 radical (unpaired) electrons. The fourth-order valence-electron chi connectivity index (χ4n) is 0.891. The van der Waals surface area contributed by atoms with Gasteiger partial charge in [0.1, 0.15) is 5.82 Å². The third-order valence-electron chi connectivity index (χ3n) is 1.68. The highest BCUT2D eigenvalue weighted by atomic mass is 32.2. The molecule has 0 fully saturated rings. The Balaban J connectivity index is 2.74. The Morgan fingerprint density at radius 2 is 2.15 bits per heavy atom. The van der Waals surface area contributed by atoms with Gasteiger partial charge >= 0.3 is 0 Å². The van der Waals surface area contributed by atoms with Crippen molar-refractivity contribution in [2.75, 3.05) is 6.54 Å². The van der Waals surface area contributed by atoms with E-state index in [1.165, 1.54) is 12.1 Å². The molecule has 72 valence electrons. The summed E-state index contributed by atoms with van der Waals surface area (Å²) in [4.78, 5) is 0.926. The van der Waals surface area contributed by atoms with Crippen LogP contribution in [0.4, 0.5) is 4.39 Å². The van der Waals surface area contributed by atoms with Crippen molar-refractivity contribution >= 4 is 11.8 Å². The average molecular weight is 199 g/mol. The summed E-state index contributed by atoms with van der Waals surface area (Å²) in [5.74, 6) is -0.196. The molecule has 0 atom stereocenters. The summed E-state index contributed by atoms with van der Waals surface area (Å²) in [6.07, 6.45) is 0. The number of halogens is 1. The lowest BCUT2D eigenvalue weighted by atomic mass is 10.2. The Hall–Kier alpha value is -0.540. The van der Waals surface area contributed by atoms with Crippen LogP contribution in [0.15, 0.2) is 29.2 Å². The predicted octanol–water partition coefficient (Wildman–Crippen LogP) is 2.66. The third kappa shape index (κ3) is 3.36. The van der Waals surface area contributed by atoms with E-state index >= 15 is 0 Å². The van der Waals surface area contributed by atoms with Crippen molar-refractivity contribution in [2.45, 2.75) is 23.5 Å². The van der Waals surface area contributed by atoms with Crippen LogP contribution < -0.4 is 5.73 Å². The first-order valence-corrected chi connectivity index (χ1v) is 5.00. The molecule has 0 aliphatic rings. The highest BCUT2D eigenvalue weighted by molar-refractivity contribution is 8.00. The molecule has 0 aliphatic heterocycles. The standard InChI is InChI=1S/C10H14FNS/c1-10(2,7-12)13-9-5-3-4-8(11)6-9/h3-6H,7,12H2,1-2H3. The van der Waals surface area contributed by atoms with Crippen LogP contribution in [-0.2, 0) is 0 Å². The van der Waals surface area contributed by atoms with Crippen molar-refractivity contribution in [3.8, 4) is 0 Å². The van der Waals surface area contributed by atoms with E-state index in [1.54, 1.807) is 17.8 Å². The SMILES string of the molecule is CC(C)(CN)Sc1cccc(F)c1. The summed E-state index contributed by atoms with van der Waals surface area (Å²) in [6.45, 7) is 4.67. The van der Waals surface area contributed by atoms with Crippen LogP contribution >= 0.6 is 11.8 Å². The van der Waals surface area contributed by atoms with E-state index in [1.807, 2.05) is 19.9 Å². The summed E-state index contributed by atoms with van der Waals surface area (Å²) in [6, 6.07) is 6.58. The van der Waals surface area contributed by atoms with Gasteiger partial charge < -0.3 is 5.73 Å². The minimum Gasteiger partial charge on any atom is -0.329 e. The molecular weight excluding hydrogens is 185 g/mol. The number of nitrogens with two attached hydrogens (primary N) is 1. The molecular formula is C10H14FNS. The van der Waals surface area contributed by atoms with E-state index in [0.29, 0.717) is 6.54 Å². The quantitative estimate of drug-likeness (QED) is 0.757. The van der Waals surface area contributed by atoms with Crippen molar-refractivity contribution in [3.63, 3.8) is 0 Å². The van der Waals surface area contributed by atoms with Crippen LogP contribution in [0.5, 0.6) is 0 Å². The highest BCUT2D eigenvalue weighted by Gasteiger charge is 2.16. The fraction of sp³-hybridized carbons (Fsp3) is 0.400. The first-order valence-electron chi connectivity index (χ1n) is 4.18. The largest absolute Gasteiger partial charge is 0.329 e. The van der Waals surface area contributed by atoms with Gasteiger partial charge in [-0.05, 0) is 32.0 Å². The maximum atomic E-state index is 12.8. The van der Waals surface area contributed by atoms with Crippen LogP contribution in [0.3, 0.4) is 0 Å². The molecule has 2 N–H and O–H groups in total. The number of thioether (sulfide) groups is 1. The normalized spacial score (nSPS) is 11.7. The molecule has 0 bridgehead atoms. The second-order valence-corrected chi connectivity index (χ2v) is 5.30. The van der Waals surface area contributed by atoms with Crippen molar-refractivity contribution < 1.29 is 4.39 Å². The van der Waals surface area contributed by atoms with E-state index in [2.05, 4.69) is 0 Å². The molecule has 1 aromatic carbocycles. The number of hydrogen-bond acceptors (Lipinski definition) is 2. The first-order chi connectivity index (χ1) is 6.03. The van der Waals surface area contributed by atoms with Gasteiger partial charge in [-0.2, -0.15) is 0 Å². The maximum Gasteiger partial charge on any atom is 0.124 e. The fourth-order valence-corrected chi connectivity index (χ4v) is 1.93. The molecule has 0 spiro atoms. The Bertz CT molecular complexity index is 286. The van der Waals surface area contributed by atoms with Gasteiger partial charge in [0.2, 0.25) is 0 Å². The molecule has 1 nitrogen and oxygen atoms in total. The first kappa shape index (κ1) is 10.5. The minimum atomic E-state index is -0.196. The van der Waals surface area contributed by atoms with Crippen LogP contribution in [0.25, 0.3) is 0 Å². The summed E-state index contributed by atoms with van der Waals surface area (Å²) in [5.41, 5.74) is 5.58. The second-order valence-electron chi connectivity index (χ2n) is 3.52. The monoisotopic (exact) mass is 199 g/mol. The lowest BCUT2D eigenvalue weighted by molar-refractivity contribution is 0.624. The van der Waals surface area contributed by atoms with Gasteiger partial charge in [0.25, 0.3) is 0 Å². The summed E-state index contributed by atoms with van der Waals surface area (Å²) < 4.78 is 12.8. The molecule has 0 aliphatic carbocycles. The van der Waals surface area contributed by atoms with Gasteiger partial charge in [-0.1, -0.05) is 6.07 Å². The molecule has 1 aromatic rings. The Morgan fingerprint density at radius 1 is 1.46 bits per heavy atom. The topological polar surface area (TPSA) is 26.0 Å². The van der Waals surface area contributed by atoms with Crippen LogP contribution in [-0.4, -0.2) is 11.3 Å². The maximum absolute atomic E-state index is 12.8. The molecule has 0 amide bonds. The van der Waals surface area contributed by atoms with E-state index < -0.39 is 0 Å². The smallest absolute Gasteiger partial charge is 0.124 e. The zero-order valence-electron chi connectivity index (χ0n) is 7.88. The summed E-state index contributed by atoms with van der Waals surface area (Å²) in [7, 11) is 0. The zero-order valence-corrected chi connectivity index (χ0v) is 8.70. The Labute approximate surface area is 82.5 Å². The van der Waals surface area contributed by atoms with Gasteiger partial charge in [-0.15, -0.1) is 11.8 Å². The van der Waals surface area contributed by atoms with Gasteiger partial charge in [-0.3, -0.25) is 0 Å². The molecule has 0 aromatic heterocycles. The molecule has 0 saturated heterocycles. The van der Waals surface area contributed by atoms with E-state index in [9.17, 15) is 4.39 Å². The van der Waals surface area contributed by atoms with Crippen molar-refractivity contribution in [1.82, 2.24) is 0 Å². The molecule has 0 saturated carbocycles. The highest BCUT2D eigenvalue weighted by Crippen LogP contribution is 2.31. The van der Waals surface area contributed by atoms with Crippen LogP contribution in [0.1, 0.15) is 13.8 Å². The summed E-state index contributed by atoms with van der Waals surface area (Å²) >= 11 is 1.60. The second kappa shape index (κ2) is 4.11. The van der Waals surface area contributed by atoms with Crippen molar-refractivity contribution in [2.24, 2.45) is 5.73 Å². The lowest BCUT2D eigenvalue weighted by Gasteiger charge is -2.21. The Morgan fingerprint density at radius 3 is 2.69 bits per heavy atom. The summed E-state index contributed by atoms with van der Waals surface area (Å²) in [5, 5.41) is 0. The number of benzene rings is 1. The van der Waals surface area contributed by atoms with E-state index in [0.717, 1.165) is 4.90 Å². The van der Waals surface area contributed by atoms with Crippen molar-refractivity contribution in [3.05, 3.63) is 30.1 Å². The van der Waals surface area contributed by atoms with Crippen molar-refractivity contribution in [1.29, 1.82) is 0 Å². The average Bonchev–Trinajstić information content (AvgIpc) is 2.03. The lowest BCUT2D eigenvalue weighted by Crippen LogP contribution is -2.26. The Kier molecular flexibility index (Phi) is 3.33. The van der Waals surface area contributed by atoms with Gasteiger partial charge in [-0.25, -0.2) is 4.39 Å². The molecule has 0 heterocycles. The van der Waals surface area contributed by atoms with Gasteiger partial charge in [0.15, 0.2) is 0 Å². The molecule has 13 heavy (non-hydrogen) atoms. The van der Waals surface area contributed by atoms with Gasteiger partial charge in [0, 0.05) is 16.2 Å². The van der Waals surface area contributed by atoms with Gasteiger partial charge in [0.05, 0.1) is 0 Å². The van der Waals surface area contributed by atoms with E-state index in [-0.39, 0.29) is 10.6 Å². The van der Waals surface area contributed by atoms with Crippen LogP contribution in [0.2, 0.25) is 0 Å². The molecule has 1 rings (SSSR count). The number of rotatable bonds is 3. The predicted molar refractivity (Wildman–Crippen MR) is 55.4 cm³/mol. The van der Waals surface area contributed by atoms with Crippen LogP contribution in [0, 0.1) is 5.82 Å².